The van der Waals surface area contributed by atoms with Gasteiger partial charge in [-0.2, -0.15) is 0 Å². The predicted molar refractivity (Wildman–Crippen MR) is 95.2 cm³/mol. The van der Waals surface area contributed by atoms with Crippen LogP contribution in [0.15, 0.2) is 60.8 Å². The molecule has 0 radical (unpaired) electrons. The van der Waals surface area contributed by atoms with Crippen molar-refractivity contribution in [3.63, 3.8) is 0 Å². The summed E-state index contributed by atoms with van der Waals surface area (Å²) < 4.78 is 17.5. The smallest absolute Gasteiger partial charge is 0.442 e. The van der Waals surface area contributed by atoms with Crippen LogP contribution in [-0.2, 0) is 22.3 Å². The zero-order valence-electron chi connectivity index (χ0n) is 13.5. The molecule has 1 amide bonds. The van der Waals surface area contributed by atoms with Crippen molar-refractivity contribution in [1.29, 1.82) is 0 Å². The summed E-state index contributed by atoms with van der Waals surface area (Å²) >= 11 is 0. The fraction of sp³-hybridized carbons (Fsp3) is 0.167. The van der Waals surface area contributed by atoms with E-state index in [1.165, 1.54) is 0 Å². The van der Waals surface area contributed by atoms with Gasteiger partial charge < -0.3 is 9.72 Å². The van der Waals surface area contributed by atoms with Crippen molar-refractivity contribution in [3.05, 3.63) is 71.9 Å². The highest BCUT2D eigenvalue weighted by atomic mass is 31.1. The van der Waals surface area contributed by atoms with Crippen molar-refractivity contribution in [1.82, 2.24) is 9.65 Å². The van der Waals surface area contributed by atoms with E-state index in [9.17, 15) is 14.3 Å². The van der Waals surface area contributed by atoms with Crippen LogP contribution in [0.25, 0.3) is 10.9 Å². The van der Waals surface area contributed by atoms with Gasteiger partial charge in [0.1, 0.15) is 6.61 Å². The van der Waals surface area contributed by atoms with Gasteiger partial charge in [-0.05, 0) is 28.2 Å². The molecule has 0 saturated carbocycles. The van der Waals surface area contributed by atoms with Crippen LogP contribution < -0.4 is 0 Å². The van der Waals surface area contributed by atoms with E-state index < -0.39 is 14.3 Å². The number of H-pyrrole nitrogens is 1. The van der Waals surface area contributed by atoms with E-state index in [1.807, 2.05) is 60.8 Å². The van der Waals surface area contributed by atoms with Crippen molar-refractivity contribution < 1.29 is 19.0 Å². The van der Waals surface area contributed by atoms with Crippen LogP contribution >= 0.6 is 8.18 Å². The summed E-state index contributed by atoms with van der Waals surface area (Å²) in [6.45, 7) is 0.160. The third-order valence-corrected chi connectivity index (χ3v) is 4.67. The molecule has 128 valence electrons. The van der Waals surface area contributed by atoms with Gasteiger partial charge in [0.2, 0.25) is 0 Å². The standard InChI is InChI=1S/C18H17N2O4P/c21-18(24-13-14-6-2-1-3-7-14)20(25(22)23)11-10-15-12-19-17-9-5-4-8-16(15)17/h1-9,12,19H,10-11,13H2/p+1. The van der Waals surface area contributed by atoms with Crippen molar-refractivity contribution in [2.24, 2.45) is 0 Å². The maximum absolute atomic E-state index is 12.1. The minimum Gasteiger partial charge on any atom is -0.442 e. The average molecular weight is 357 g/mol. The fourth-order valence-electron chi connectivity index (χ4n) is 2.61. The van der Waals surface area contributed by atoms with Gasteiger partial charge in [0.25, 0.3) is 0 Å². The zero-order chi connectivity index (χ0) is 17.6. The first kappa shape index (κ1) is 17.1. The zero-order valence-corrected chi connectivity index (χ0v) is 14.4. The summed E-state index contributed by atoms with van der Waals surface area (Å²) in [5.41, 5.74) is 2.79. The second-order valence-corrected chi connectivity index (χ2v) is 6.51. The van der Waals surface area contributed by atoms with Gasteiger partial charge in [0.15, 0.2) is 0 Å². The molecule has 7 heteroatoms. The number of aromatic nitrogens is 1. The Morgan fingerprint density at radius 2 is 1.84 bits per heavy atom. The number of hydrogen-bond acceptors (Lipinski definition) is 3. The van der Waals surface area contributed by atoms with Crippen molar-refractivity contribution in [2.75, 3.05) is 6.54 Å². The molecule has 2 aromatic carbocycles. The van der Waals surface area contributed by atoms with Crippen molar-refractivity contribution >= 4 is 25.2 Å². The fourth-order valence-corrected chi connectivity index (χ4v) is 3.07. The van der Waals surface area contributed by atoms with Crippen LogP contribution in [0.3, 0.4) is 0 Å². The number of nitrogens with zero attached hydrogens (tertiary/aromatic N) is 1. The lowest BCUT2D eigenvalue weighted by Gasteiger charge is -2.10. The Morgan fingerprint density at radius 1 is 1.12 bits per heavy atom. The molecule has 3 rings (SSSR count). The van der Waals surface area contributed by atoms with Gasteiger partial charge >= 0.3 is 14.3 Å². The third kappa shape index (κ3) is 4.24. The van der Waals surface area contributed by atoms with Gasteiger partial charge in [0.05, 0.1) is 6.54 Å². The lowest BCUT2D eigenvalue weighted by Crippen LogP contribution is -2.27. The summed E-state index contributed by atoms with van der Waals surface area (Å²) in [7, 11) is -2.81. The summed E-state index contributed by atoms with van der Waals surface area (Å²) in [6, 6.07) is 17.0. The van der Waals surface area contributed by atoms with Crippen LogP contribution in [0.5, 0.6) is 0 Å². The normalized spacial score (nSPS) is 11.3. The Labute approximate surface area is 146 Å². The predicted octanol–water partition coefficient (Wildman–Crippen LogP) is 4.00. The Bertz CT molecular complexity index is 879. The maximum Gasteiger partial charge on any atom is 0.648 e. The topological polar surface area (TPSA) is 82.6 Å². The second-order valence-electron chi connectivity index (χ2n) is 5.53. The molecule has 2 N–H and O–H groups in total. The van der Waals surface area contributed by atoms with Crippen molar-refractivity contribution in [3.8, 4) is 0 Å². The number of aromatic amines is 1. The molecular weight excluding hydrogens is 339 g/mol. The van der Waals surface area contributed by atoms with Crippen LogP contribution in [0, 0.1) is 0 Å². The first-order valence-electron chi connectivity index (χ1n) is 7.84. The van der Waals surface area contributed by atoms with Gasteiger partial charge in [-0.15, -0.1) is 4.89 Å². The first-order valence-corrected chi connectivity index (χ1v) is 9.01. The quantitative estimate of drug-likeness (QED) is 0.653. The number of carbonyl (C=O) groups is 1. The summed E-state index contributed by atoms with van der Waals surface area (Å²) in [4.78, 5) is 24.7. The average Bonchev–Trinajstić information content (AvgIpc) is 3.04. The highest BCUT2D eigenvalue weighted by Gasteiger charge is 2.33. The Kier molecular flexibility index (Phi) is 5.43. The van der Waals surface area contributed by atoms with Gasteiger partial charge in [-0.3, -0.25) is 0 Å². The van der Waals surface area contributed by atoms with E-state index in [1.54, 1.807) is 0 Å². The molecule has 0 spiro atoms. The third-order valence-electron chi connectivity index (χ3n) is 3.89. The lowest BCUT2D eigenvalue weighted by atomic mass is 10.1. The molecule has 6 nitrogen and oxygen atoms in total. The number of hydrogen-bond donors (Lipinski definition) is 2. The van der Waals surface area contributed by atoms with E-state index in [4.69, 9.17) is 4.74 Å². The minimum absolute atomic E-state index is 0.0619. The molecule has 0 aliphatic carbocycles. The maximum atomic E-state index is 12.1. The van der Waals surface area contributed by atoms with Gasteiger partial charge in [0, 0.05) is 17.1 Å². The number of ether oxygens (including phenoxy) is 1. The molecular formula is C18H18N2O4P+. The molecule has 0 bridgehead atoms. The van der Waals surface area contributed by atoms with Crippen LogP contribution in [0.4, 0.5) is 4.79 Å². The molecule has 1 unspecified atom stereocenters. The number of para-hydroxylation sites is 1. The van der Waals surface area contributed by atoms with E-state index >= 15 is 0 Å². The molecule has 0 saturated heterocycles. The summed E-state index contributed by atoms with van der Waals surface area (Å²) in [5, 5.41) is 1.04. The SMILES string of the molecule is O=C(OCc1ccccc1)N(CCc1c[nH]c2ccccc12)[P+](=O)O. The van der Waals surface area contributed by atoms with Crippen LogP contribution in [-0.4, -0.2) is 27.2 Å². The molecule has 1 aromatic heterocycles. The van der Waals surface area contributed by atoms with Crippen molar-refractivity contribution in [2.45, 2.75) is 13.0 Å². The molecule has 0 aliphatic heterocycles. The largest absolute Gasteiger partial charge is 0.648 e. The van der Waals surface area contributed by atoms with E-state index in [-0.39, 0.29) is 13.2 Å². The van der Waals surface area contributed by atoms with E-state index in [2.05, 4.69) is 4.98 Å². The lowest BCUT2D eigenvalue weighted by molar-refractivity contribution is 0.117. The minimum atomic E-state index is -2.81. The van der Waals surface area contributed by atoms with Crippen LogP contribution in [0.1, 0.15) is 11.1 Å². The highest BCUT2D eigenvalue weighted by Crippen LogP contribution is 2.25. The van der Waals surface area contributed by atoms with Gasteiger partial charge in [-0.1, -0.05) is 53.2 Å². The molecule has 25 heavy (non-hydrogen) atoms. The number of amides is 1. The molecule has 0 aliphatic rings. The Balaban J connectivity index is 1.63. The second kappa shape index (κ2) is 7.92. The number of fused-ring (bicyclic) bond motifs is 1. The highest BCUT2D eigenvalue weighted by molar-refractivity contribution is 7.36. The number of rotatable bonds is 6. The van der Waals surface area contributed by atoms with Crippen LogP contribution in [0.2, 0.25) is 0 Å². The number of carbonyl (C=O) groups excluding carboxylic acids is 1. The van der Waals surface area contributed by atoms with E-state index in [0.717, 1.165) is 26.7 Å². The molecule has 1 atom stereocenters. The molecule has 0 fully saturated rings. The van der Waals surface area contributed by atoms with Gasteiger partial charge in [-0.25, -0.2) is 4.79 Å². The number of benzene rings is 2. The Hall–Kier alpha value is -2.69. The summed E-state index contributed by atoms with van der Waals surface area (Å²) in [6.07, 6.45) is 1.50. The molecule has 1 heterocycles. The first-order chi connectivity index (χ1) is 12.1. The van der Waals surface area contributed by atoms with E-state index in [0.29, 0.717) is 6.42 Å². The monoisotopic (exact) mass is 357 g/mol. The Morgan fingerprint density at radius 3 is 2.60 bits per heavy atom. The molecule has 3 aromatic rings. The number of nitrogens with one attached hydrogen (secondary N) is 1. The summed E-state index contributed by atoms with van der Waals surface area (Å²) in [5.74, 6) is 0.